The monoisotopic (exact) mass is 255 g/mol. The van der Waals surface area contributed by atoms with Gasteiger partial charge in [0.25, 0.3) is 0 Å². The molecule has 1 aromatic rings. The van der Waals surface area contributed by atoms with Crippen molar-refractivity contribution < 1.29 is 9.47 Å². The summed E-state index contributed by atoms with van der Waals surface area (Å²) < 4.78 is 10.9. The molecule has 94 valence electrons. The van der Waals surface area contributed by atoms with Gasteiger partial charge >= 0.3 is 0 Å². The van der Waals surface area contributed by atoms with Crippen molar-refractivity contribution in [2.75, 3.05) is 32.9 Å². The van der Waals surface area contributed by atoms with Crippen LogP contribution in [0.4, 0.5) is 0 Å². The van der Waals surface area contributed by atoms with Crippen LogP contribution >= 0.6 is 11.6 Å². The lowest BCUT2D eigenvalue weighted by Crippen LogP contribution is -2.27. The van der Waals surface area contributed by atoms with Gasteiger partial charge in [-0.1, -0.05) is 17.7 Å². The van der Waals surface area contributed by atoms with Crippen molar-refractivity contribution in [2.45, 2.75) is 6.42 Å². The highest BCUT2D eigenvalue weighted by Crippen LogP contribution is 2.16. The molecule has 0 spiro atoms. The molecule has 1 aromatic carbocycles. The largest absolute Gasteiger partial charge is 0.492 e. The van der Waals surface area contributed by atoms with E-state index in [4.69, 9.17) is 21.1 Å². The molecule has 1 saturated heterocycles. The first-order valence-electron chi connectivity index (χ1n) is 6.01. The maximum absolute atomic E-state index is 5.86. The van der Waals surface area contributed by atoms with Gasteiger partial charge in [-0.25, -0.2) is 0 Å². The summed E-state index contributed by atoms with van der Waals surface area (Å²) in [6.07, 6.45) is 1.17. The molecule has 1 aliphatic heterocycles. The normalized spacial score (nSPS) is 19.5. The molecule has 0 aliphatic carbocycles. The van der Waals surface area contributed by atoms with E-state index < -0.39 is 0 Å². The van der Waals surface area contributed by atoms with Gasteiger partial charge in [-0.3, -0.25) is 0 Å². The highest BCUT2D eigenvalue weighted by molar-refractivity contribution is 6.30. The van der Waals surface area contributed by atoms with Gasteiger partial charge in [0.2, 0.25) is 0 Å². The fourth-order valence-corrected chi connectivity index (χ4v) is 2.03. The first kappa shape index (κ1) is 12.7. The van der Waals surface area contributed by atoms with Crippen LogP contribution in [0.15, 0.2) is 24.3 Å². The third kappa shape index (κ3) is 4.54. The lowest BCUT2D eigenvalue weighted by molar-refractivity contribution is 0.185. The van der Waals surface area contributed by atoms with Crippen LogP contribution in [0.25, 0.3) is 0 Å². The number of halogens is 1. The SMILES string of the molecule is Clc1cccc(OCCNCC2CCOC2)c1. The molecule has 1 fully saturated rings. The summed E-state index contributed by atoms with van der Waals surface area (Å²) >= 11 is 5.86. The third-order valence-electron chi connectivity index (χ3n) is 2.80. The average molecular weight is 256 g/mol. The maximum atomic E-state index is 5.86. The van der Waals surface area contributed by atoms with E-state index in [-0.39, 0.29) is 0 Å². The smallest absolute Gasteiger partial charge is 0.120 e. The van der Waals surface area contributed by atoms with E-state index in [1.165, 1.54) is 6.42 Å². The van der Waals surface area contributed by atoms with Gasteiger partial charge in [0, 0.05) is 24.7 Å². The Hall–Kier alpha value is -0.770. The highest BCUT2D eigenvalue weighted by Gasteiger charge is 2.14. The Bertz CT molecular complexity index is 340. The number of nitrogens with one attached hydrogen (secondary N) is 1. The molecular weight excluding hydrogens is 238 g/mol. The molecule has 0 radical (unpaired) electrons. The molecule has 0 aromatic heterocycles. The maximum Gasteiger partial charge on any atom is 0.120 e. The summed E-state index contributed by atoms with van der Waals surface area (Å²) in [4.78, 5) is 0. The van der Waals surface area contributed by atoms with Crippen molar-refractivity contribution in [2.24, 2.45) is 5.92 Å². The fourth-order valence-electron chi connectivity index (χ4n) is 1.85. The Morgan fingerprint density at radius 3 is 3.18 bits per heavy atom. The van der Waals surface area contributed by atoms with Crippen molar-refractivity contribution in [3.8, 4) is 5.75 Å². The molecular formula is C13H18ClNO2. The van der Waals surface area contributed by atoms with E-state index in [0.717, 1.165) is 32.1 Å². The zero-order valence-electron chi connectivity index (χ0n) is 9.82. The molecule has 1 heterocycles. The van der Waals surface area contributed by atoms with E-state index in [1.54, 1.807) is 0 Å². The third-order valence-corrected chi connectivity index (χ3v) is 3.04. The molecule has 4 heteroatoms. The quantitative estimate of drug-likeness (QED) is 0.792. The Morgan fingerprint density at radius 2 is 2.41 bits per heavy atom. The average Bonchev–Trinajstić information content (AvgIpc) is 2.82. The standard InChI is InChI=1S/C13H18ClNO2/c14-12-2-1-3-13(8-12)17-7-5-15-9-11-4-6-16-10-11/h1-3,8,11,15H,4-7,9-10H2. The van der Waals surface area contributed by atoms with Crippen LogP contribution in [-0.2, 0) is 4.74 Å². The van der Waals surface area contributed by atoms with Crippen LogP contribution < -0.4 is 10.1 Å². The van der Waals surface area contributed by atoms with Gasteiger partial charge in [-0.05, 0) is 30.5 Å². The van der Waals surface area contributed by atoms with Crippen molar-refractivity contribution in [3.05, 3.63) is 29.3 Å². The second-order valence-corrected chi connectivity index (χ2v) is 4.68. The Kier molecular flexibility index (Phi) is 5.10. The molecule has 0 saturated carbocycles. The van der Waals surface area contributed by atoms with Gasteiger partial charge in [-0.15, -0.1) is 0 Å². The number of rotatable bonds is 6. The lowest BCUT2D eigenvalue weighted by atomic mass is 10.1. The second kappa shape index (κ2) is 6.84. The number of hydrogen-bond acceptors (Lipinski definition) is 3. The molecule has 1 unspecified atom stereocenters. The molecule has 0 amide bonds. The van der Waals surface area contributed by atoms with E-state index in [2.05, 4.69) is 5.32 Å². The van der Waals surface area contributed by atoms with E-state index in [9.17, 15) is 0 Å². The summed E-state index contributed by atoms with van der Waals surface area (Å²) in [6.45, 7) is 4.32. The summed E-state index contributed by atoms with van der Waals surface area (Å²) in [6, 6.07) is 7.47. The Balaban J connectivity index is 1.56. The summed E-state index contributed by atoms with van der Waals surface area (Å²) in [7, 11) is 0. The minimum Gasteiger partial charge on any atom is -0.492 e. The van der Waals surface area contributed by atoms with Crippen LogP contribution in [0.2, 0.25) is 5.02 Å². The number of ether oxygens (including phenoxy) is 2. The van der Waals surface area contributed by atoms with Crippen LogP contribution in [0.5, 0.6) is 5.75 Å². The zero-order chi connectivity index (χ0) is 11.9. The molecule has 3 nitrogen and oxygen atoms in total. The molecule has 1 aliphatic rings. The fraction of sp³-hybridized carbons (Fsp3) is 0.538. The zero-order valence-corrected chi connectivity index (χ0v) is 10.6. The van der Waals surface area contributed by atoms with Crippen LogP contribution in [-0.4, -0.2) is 32.9 Å². The van der Waals surface area contributed by atoms with Crippen molar-refractivity contribution >= 4 is 11.6 Å². The first-order valence-corrected chi connectivity index (χ1v) is 6.39. The van der Waals surface area contributed by atoms with Crippen molar-refractivity contribution in [3.63, 3.8) is 0 Å². The second-order valence-electron chi connectivity index (χ2n) is 4.24. The van der Waals surface area contributed by atoms with Gasteiger partial charge in [0.1, 0.15) is 12.4 Å². The summed E-state index contributed by atoms with van der Waals surface area (Å²) in [5.41, 5.74) is 0. The van der Waals surface area contributed by atoms with Gasteiger partial charge in [0.05, 0.1) is 6.61 Å². The van der Waals surface area contributed by atoms with Gasteiger partial charge < -0.3 is 14.8 Å². The predicted octanol–water partition coefficient (Wildman–Crippen LogP) is 2.34. The summed E-state index contributed by atoms with van der Waals surface area (Å²) in [5, 5.41) is 4.08. The highest BCUT2D eigenvalue weighted by atomic mass is 35.5. The Labute approximate surface area is 107 Å². The Morgan fingerprint density at radius 1 is 1.47 bits per heavy atom. The lowest BCUT2D eigenvalue weighted by Gasteiger charge is -2.10. The molecule has 1 atom stereocenters. The van der Waals surface area contributed by atoms with E-state index >= 15 is 0 Å². The molecule has 17 heavy (non-hydrogen) atoms. The van der Waals surface area contributed by atoms with E-state index in [1.807, 2.05) is 24.3 Å². The molecule has 1 N–H and O–H groups in total. The minimum atomic E-state index is 0.661. The van der Waals surface area contributed by atoms with Gasteiger partial charge in [-0.2, -0.15) is 0 Å². The van der Waals surface area contributed by atoms with Crippen molar-refractivity contribution in [1.29, 1.82) is 0 Å². The topological polar surface area (TPSA) is 30.5 Å². The van der Waals surface area contributed by atoms with Crippen molar-refractivity contribution in [1.82, 2.24) is 5.32 Å². The first-order chi connectivity index (χ1) is 8.34. The van der Waals surface area contributed by atoms with Crippen LogP contribution in [0.3, 0.4) is 0 Å². The molecule has 0 bridgehead atoms. The number of benzene rings is 1. The van der Waals surface area contributed by atoms with E-state index in [0.29, 0.717) is 17.5 Å². The summed E-state index contributed by atoms with van der Waals surface area (Å²) in [5.74, 6) is 1.49. The van der Waals surface area contributed by atoms with Gasteiger partial charge in [0.15, 0.2) is 0 Å². The minimum absolute atomic E-state index is 0.661. The molecule has 2 rings (SSSR count). The van der Waals surface area contributed by atoms with Crippen LogP contribution in [0.1, 0.15) is 6.42 Å². The number of hydrogen-bond donors (Lipinski definition) is 1. The van der Waals surface area contributed by atoms with Crippen LogP contribution in [0, 0.1) is 5.92 Å². The predicted molar refractivity (Wildman–Crippen MR) is 68.7 cm³/mol.